The zero-order valence-electron chi connectivity index (χ0n) is 9.97. The molecule has 1 fully saturated rings. The van der Waals surface area contributed by atoms with Gasteiger partial charge in [0.1, 0.15) is 11.4 Å². The average Bonchev–Trinajstić information content (AvgIpc) is 2.91. The highest BCUT2D eigenvalue weighted by atomic mass is 16.4. The lowest BCUT2D eigenvalue weighted by Crippen LogP contribution is -2.22. The lowest BCUT2D eigenvalue weighted by Gasteiger charge is -2.19. The van der Waals surface area contributed by atoms with Gasteiger partial charge in [-0.3, -0.25) is 0 Å². The van der Waals surface area contributed by atoms with E-state index in [0.29, 0.717) is 11.4 Å². The van der Waals surface area contributed by atoms with Gasteiger partial charge in [-0.05, 0) is 25.0 Å². The van der Waals surface area contributed by atoms with Gasteiger partial charge in [0.05, 0.1) is 5.52 Å². The van der Waals surface area contributed by atoms with Crippen LogP contribution < -0.4 is 4.90 Å². The van der Waals surface area contributed by atoms with Gasteiger partial charge in [0.25, 0.3) is 0 Å². The zero-order chi connectivity index (χ0) is 12.5. The van der Waals surface area contributed by atoms with E-state index >= 15 is 0 Å². The van der Waals surface area contributed by atoms with Gasteiger partial charge in [0.2, 0.25) is 0 Å². The Morgan fingerprint density at radius 3 is 2.67 bits per heavy atom. The van der Waals surface area contributed by atoms with Crippen molar-refractivity contribution in [3.63, 3.8) is 0 Å². The van der Waals surface area contributed by atoms with E-state index in [1.807, 2.05) is 24.3 Å². The monoisotopic (exact) mass is 242 g/mol. The fraction of sp³-hybridized carbons (Fsp3) is 0.286. The van der Waals surface area contributed by atoms with Gasteiger partial charge in [-0.2, -0.15) is 0 Å². The second-order valence-electron chi connectivity index (χ2n) is 4.55. The fourth-order valence-corrected chi connectivity index (χ4v) is 2.43. The van der Waals surface area contributed by atoms with Gasteiger partial charge in [0, 0.05) is 18.5 Å². The third kappa shape index (κ3) is 1.79. The quantitative estimate of drug-likeness (QED) is 0.879. The maximum atomic E-state index is 11.4. The number of aromatic carboxylic acids is 1. The maximum Gasteiger partial charge on any atom is 0.339 e. The second-order valence-corrected chi connectivity index (χ2v) is 4.55. The Bertz CT molecular complexity index is 604. The summed E-state index contributed by atoms with van der Waals surface area (Å²) in [7, 11) is 0. The predicted octanol–water partition coefficient (Wildman–Crippen LogP) is 2.53. The topological polar surface area (TPSA) is 53.4 Å². The van der Waals surface area contributed by atoms with Crippen LogP contribution in [0.15, 0.2) is 30.3 Å². The van der Waals surface area contributed by atoms with Crippen molar-refractivity contribution in [3.05, 3.63) is 35.9 Å². The summed E-state index contributed by atoms with van der Waals surface area (Å²) in [6, 6.07) is 9.34. The molecule has 0 spiro atoms. The third-order valence-electron chi connectivity index (χ3n) is 3.34. The molecular formula is C14H14N2O2. The van der Waals surface area contributed by atoms with Crippen molar-refractivity contribution >= 4 is 22.7 Å². The Balaban J connectivity index is 2.20. The summed E-state index contributed by atoms with van der Waals surface area (Å²) < 4.78 is 0. The Labute approximate surface area is 105 Å². The van der Waals surface area contributed by atoms with Crippen LogP contribution in [0.4, 0.5) is 5.82 Å². The van der Waals surface area contributed by atoms with E-state index in [-0.39, 0.29) is 0 Å². The van der Waals surface area contributed by atoms with Gasteiger partial charge in [0.15, 0.2) is 0 Å². The van der Waals surface area contributed by atoms with Crippen LogP contribution in [0.5, 0.6) is 0 Å². The maximum absolute atomic E-state index is 11.4. The minimum absolute atomic E-state index is 0.301. The van der Waals surface area contributed by atoms with Gasteiger partial charge in [-0.25, -0.2) is 9.78 Å². The lowest BCUT2D eigenvalue weighted by atomic mass is 10.1. The molecule has 1 aromatic carbocycles. The summed E-state index contributed by atoms with van der Waals surface area (Å²) in [6.45, 7) is 1.79. The molecule has 0 bridgehead atoms. The molecule has 0 saturated carbocycles. The van der Waals surface area contributed by atoms with Crippen molar-refractivity contribution in [2.24, 2.45) is 0 Å². The van der Waals surface area contributed by atoms with Crippen LogP contribution in [0, 0.1) is 0 Å². The van der Waals surface area contributed by atoms with Gasteiger partial charge >= 0.3 is 5.97 Å². The zero-order valence-corrected chi connectivity index (χ0v) is 9.97. The minimum atomic E-state index is -0.907. The van der Waals surface area contributed by atoms with E-state index in [2.05, 4.69) is 9.88 Å². The van der Waals surface area contributed by atoms with Crippen LogP contribution in [-0.2, 0) is 0 Å². The lowest BCUT2D eigenvalue weighted by molar-refractivity contribution is 0.0697. The van der Waals surface area contributed by atoms with E-state index in [1.54, 1.807) is 6.07 Å². The highest BCUT2D eigenvalue weighted by Crippen LogP contribution is 2.26. The van der Waals surface area contributed by atoms with Gasteiger partial charge in [-0.1, -0.05) is 18.2 Å². The molecule has 1 aliphatic heterocycles. The molecule has 4 nitrogen and oxygen atoms in total. The number of anilines is 1. The normalized spacial score (nSPS) is 15.2. The molecule has 0 aliphatic carbocycles. The predicted molar refractivity (Wildman–Crippen MR) is 70.1 cm³/mol. The van der Waals surface area contributed by atoms with Gasteiger partial charge < -0.3 is 10.0 Å². The van der Waals surface area contributed by atoms with Gasteiger partial charge in [-0.15, -0.1) is 0 Å². The van der Waals surface area contributed by atoms with E-state index in [1.165, 1.54) is 0 Å². The second kappa shape index (κ2) is 4.29. The molecule has 18 heavy (non-hydrogen) atoms. The van der Waals surface area contributed by atoms with E-state index in [0.717, 1.165) is 36.8 Å². The number of fused-ring (bicyclic) bond motifs is 1. The van der Waals surface area contributed by atoms with Crippen molar-refractivity contribution in [3.8, 4) is 0 Å². The number of hydrogen-bond acceptors (Lipinski definition) is 3. The molecule has 2 aromatic rings. The number of rotatable bonds is 2. The summed E-state index contributed by atoms with van der Waals surface area (Å²) in [4.78, 5) is 17.9. The first kappa shape index (κ1) is 11.0. The Morgan fingerprint density at radius 1 is 1.22 bits per heavy atom. The van der Waals surface area contributed by atoms with Crippen LogP contribution >= 0.6 is 0 Å². The van der Waals surface area contributed by atoms with Crippen molar-refractivity contribution in [1.29, 1.82) is 0 Å². The first-order valence-electron chi connectivity index (χ1n) is 6.14. The van der Waals surface area contributed by atoms with Crippen LogP contribution in [0.1, 0.15) is 23.2 Å². The third-order valence-corrected chi connectivity index (χ3v) is 3.34. The molecule has 0 atom stereocenters. The number of benzene rings is 1. The molecule has 92 valence electrons. The number of aromatic nitrogens is 1. The summed E-state index contributed by atoms with van der Waals surface area (Å²) in [5.74, 6) is -0.297. The van der Waals surface area contributed by atoms with Crippen molar-refractivity contribution in [2.45, 2.75) is 12.8 Å². The molecule has 1 saturated heterocycles. The molecule has 4 heteroatoms. The van der Waals surface area contributed by atoms with Crippen molar-refractivity contribution in [2.75, 3.05) is 18.0 Å². The van der Waals surface area contributed by atoms with Crippen molar-refractivity contribution in [1.82, 2.24) is 4.98 Å². The molecule has 0 radical (unpaired) electrons. The van der Waals surface area contributed by atoms with Crippen LogP contribution in [0.25, 0.3) is 10.9 Å². The molecular weight excluding hydrogens is 228 g/mol. The van der Waals surface area contributed by atoms with Crippen LogP contribution in [0.2, 0.25) is 0 Å². The number of para-hydroxylation sites is 1. The first-order valence-corrected chi connectivity index (χ1v) is 6.14. The molecule has 1 aromatic heterocycles. The highest BCUT2D eigenvalue weighted by molar-refractivity contribution is 5.98. The van der Waals surface area contributed by atoms with E-state index in [9.17, 15) is 9.90 Å². The number of pyridine rings is 1. The SMILES string of the molecule is O=C(O)c1cc2ccccc2nc1N1CCCC1. The van der Waals surface area contributed by atoms with E-state index in [4.69, 9.17) is 0 Å². The largest absolute Gasteiger partial charge is 0.478 e. The highest BCUT2D eigenvalue weighted by Gasteiger charge is 2.21. The fourth-order valence-electron chi connectivity index (χ4n) is 2.43. The van der Waals surface area contributed by atoms with Crippen molar-refractivity contribution < 1.29 is 9.90 Å². The van der Waals surface area contributed by atoms with Crippen LogP contribution in [0.3, 0.4) is 0 Å². The van der Waals surface area contributed by atoms with E-state index < -0.39 is 5.97 Å². The molecule has 1 aliphatic rings. The molecule has 3 rings (SSSR count). The smallest absolute Gasteiger partial charge is 0.339 e. The number of carbonyl (C=O) groups is 1. The molecule has 0 amide bonds. The summed E-state index contributed by atoms with van der Waals surface area (Å²) >= 11 is 0. The standard InChI is InChI=1S/C14H14N2O2/c17-14(18)11-9-10-5-1-2-6-12(10)15-13(11)16-7-3-4-8-16/h1-2,5-6,9H,3-4,7-8H2,(H,17,18). The minimum Gasteiger partial charge on any atom is -0.478 e. The molecule has 0 unspecified atom stereocenters. The number of nitrogens with zero attached hydrogens (tertiary/aromatic N) is 2. The Morgan fingerprint density at radius 2 is 1.94 bits per heavy atom. The summed E-state index contributed by atoms with van der Waals surface area (Å²) in [5.41, 5.74) is 1.15. The molecule has 2 heterocycles. The Hall–Kier alpha value is -2.10. The number of hydrogen-bond donors (Lipinski definition) is 1. The van der Waals surface area contributed by atoms with Crippen LogP contribution in [-0.4, -0.2) is 29.1 Å². The summed E-state index contributed by atoms with van der Waals surface area (Å²) in [6.07, 6.45) is 2.21. The Kier molecular flexibility index (Phi) is 2.63. The first-order chi connectivity index (χ1) is 8.75. The summed E-state index contributed by atoms with van der Waals surface area (Å²) in [5, 5.41) is 10.2. The number of carboxylic acid groups (broad SMARTS) is 1. The molecule has 1 N–H and O–H groups in total. The number of carboxylic acids is 1. The average molecular weight is 242 g/mol.